The van der Waals surface area contributed by atoms with E-state index in [0.717, 1.165) is 5.56 Å². The molecule has 112 valence electrons. The maximum absolute atomic E-state index is 11.7. The second-order valence-corrected chi connectivity index (χ2v) is 5.16. The molecule has 0 saturated heterocycles. The van der Waals surface area contributed by atoms with Gasteiger partial charge in [-0.2, -0.15) is 0 Å². The summed E-state index contributed by atoms with van der Waals surface area (Å²) >= 11 is 0. The number of hydrogen-bond acceptors (Lipinski definition) is 5. The van der Waals surface area contributed by atoms with Crippen molar-refractivity contribution in [1.82, 2.24) is 15.5 Å². The van der Waals surface area contributed by atoms with E-state index < -0.39 is 0 Å². The minimum atomic E-state index is -0.128. The van der Waals surface area contributed by atoms with E-state index in [1.807, 2.05) is 6.92 Å². The van der Waals surface area contributed by atoms with Crippen molar-refractivity contribution >= 4 is 5.91 Å². The third kappa shape index (κ3) is 4.30. The number of nitrogens with one attached hydrogen (secondary N) is 1. The highest BCUT2D eigenvalue weighted by Gasteiger charge is 2.11. The zero-order valence-corrected chi connectivity index (χ0v) is 12.4. The lowest BCUT2D eigenvalue weighted by Crippen LogP contribution is -2.38. The molecule has 0 fully saturated rings. The molecule has 2 aromatic rings. The summed E-state index contributed by atoms with van der Waals surface area (Å²) in [5.74, 6) is 1.33. The highest BCUT2D eigenvalue weighted by molar-refractivity contribution is 5.77. The molecule has 0 aliphatic rings. The van der Waals surface area contributed by atoms with Crippen LogP contribution in [-0.2, 0) is 4.79 Å². The van der Waals surface area contributed by atoms with Crippen molar-refractivity contribution in [3.05, 3.63) is 30.7 Å². The van der Waals surface area contributed by atoms with Gasteiger partial charge in [0.15, 0.2) is 6.61 Å². The number of nitrogens with zero attached hydrogens (tertiary/aromatic N) is 2. The van der Waals surface area contributed by atoms with E-state index in [9.17, 15) is 4.79 Å². The molecule has 6 heteroatoms. The zero-order chi connectivity index (χ0) is 15.2. The van der Waals surface area contributed by atoms with Crippen molar-refractivity contribution in [3.8, 4) is 17.2 Å². The summed E-state index contributed by atoms with van der Waals surface area (Å²) in [6, 6.07) is 7.26. The molecule has 2 rings (SSSR count). The Balaban J connectivity index is 1.85. The van der Waals surface area contributed by atoms with Crippen LogP contribution in [0.2, 0.25) is 0 Å². The molecule has 1 atom stereocenters. The number of hydrogen-bond donors (Lipinski definition) is 1. The maximum Gasteiger partial charge on any atom is 0.258 e. The second-order valence-electron chi connectivity index (χ2n) is 5.16. The summed E-state index contributed by atoms with van der Waals surface area (Å²) in [5, 5.41) is 10.3. The number of amides is 1. The molecule has 0 spiro atoms. The number of carbonyl (C=O) groups is 1. The van der Waals surface area contributed by atoms with E-state index >= 15 is 0 Å². The molecule has 1 N–H and O–H groups in total. The van der Waals surface area contributed by atoms with Gasteiger partial charge in [0.2, 0.25) is 12.3 Å². The summed E-state index contributed by atoms with van der Waals surface area (Å²) < 4.78 is 10.5. The van der Waals surface area contributed by atoms with Gasteiger partial charge >= 0.3 is 0 Å². The fourth-order valence-corrected chi connectivity index (χ4v) is 1.60. The van der Waals surface area contributed by atoms with Crippen molar-refractivity contribution in [2.24, 2.45) is 5.92 Å². The Bertz CT molecular complexity index is 564. The van der Waals surface area contributed by atoms with Gasteiger partial charge < -0.3 is 14.5 Å². The molecule has 1 aromatic carbocycles. The summed E-state index contributed by atoms with van der Waals surface area (Å²) in [5.41, 5.74) is 0.803. The van der Waals surface area contributed by atoms with Gasteiger partial charge in [-0.15, -0.1) is 10.2 Å². The lowest BCUT2D eigenvalue weighted by molar-refractivity contribution is -0.124. The van der Waals surface area contributed by atoms with E-state index in [4.69, 9.17) is 9.15 Å². The van der Waals surface area contributed by atoms with Crippen LogP contribution < -0.4 is 10.1 Å². The normalized spacial score (nSPS) is 12.2. The van der Waals surface area contributed by atoms with Gasteiger partial charge in [-0.05, 0) is 37.1 Å². The predicted molar refractivity (Wildman–Crippen MR) is 77.7 cm³/mol. The monoisotopic (exact) mass is 289 g/mol. The lowest BCUT2D eigenvalue weighted by atomic mass is 10.1. The van der Waals surface area contributed by atoms with Crippen LogP contribution in [0.15, 0.2) is 35.1 Å². The molecule has 1 aromatic heterocycles. The summed E-state index contributed by atoms with van der Waals surface area (Å²) in [4.78, 5) is 11.7. The summed E-state index contributed by atoms with van der Waals surface area (Å²) in [7, 11) is 0. The number of aromatic nitrogens is 2. The Labute approximate surface area is 123 Å². The third-order valence-electron chi connectivity index (χ3n) is 3.22. The Morgan fingerprint density at radius 3 is 2.57 bits per heavy atom. The van der Waals surface area contributed by atoms with E-state index in [2.05, 4.69) is 29.4 Å². The Hall–Kier alpha value is -2.37. The van der Waals surface area contributed by atoms with Crippen molar-refractivity contribution in [2.45, 2.75) is 26.8 Å². The third-order valence-corrected chi connectivity index (χ3v) is 3.22. The molecule has 0 aliphatic heterocycles. The molecule has 0 unspecified atom stereocenters. The number of benzene rings is 1. The fraction of sp³-hybridized carbons (Fsp3) is 0.400. The highest BCUT2D eigenvalue weighted by atomic mass is 16.5. The van der Waals surface area contributed by atoms with Gasteiger partial charge in [0.1, 0.15) is 5.75 Å². The first-order chi connectivity index (χ1) is 10.1. The van der Waals surface area contributed by atoms with Gasteiger partial charge in [0, 0.05) is 11.6 Å². The Morgan fingerprint density at radius 2 is 2.00 bits per heavy atom. The first kappa shape index (κ1) is 15.0. The summed E-state index contributed by atoms with van der Waals surface area (Å²) in [6.45, 7) is 6.09. The van der Waals surface area contributed by atoms with Crippen molar-refractivity contribution in [2.75, 3.05) is 6.61 Å². The van der Waals surface area contributed by atoms with Crippen LogP contribution in [0.4, 0.5) is 0 Å². The first-order valence-electron chi connectivity index (χ1n) is 6.85. The van der Waals surface area contributed by atoms with Crippen molar-refractivity contribution in [3.63, 3.8) is 0 Å². The average Bonchev–Trinajstić information content (AvgIpc) is 2.99. The van der Waals surface area contributed by atoms with Crippen molar-refractivity contribution in [1.29, 1.82) is 0 Å². The zero-order valence-electron chi connectivity index (χ0n) is 12.4. The van der Waals surface area contributed by atoms with E-state index in [-0.39, 0.29) is 18.6 Å². The lowest BCUT2D eigenvalue weighted by Gasteiger charge is -2.17. The van der Waals surface area contributed by atoms with Crippen LogP contribution in [0.3, 0.4) is 0 Å². The van der Waals surface area contributed by atoms with E-state index in [1.54, 1.807) is 24.3 Å². The van der Waals surface area contributed by atoms with Crippen LogP contribution in [0.1, 0.15) is 20.8 Å². The van der Waals surface area contributed by atoms with Crippen LogP contribution in [-0.4, -0.2) is 28.8 Å². The van der Waals surface area contributed by atoms with Gasteiger partial charge in [-0.25, -0.2) is 0 Å². The standard InChI is InChI=1S/C15H19N3O3/c1-10(2)11(3)17-14(19)8-20-13-6-4-12(5-7-13)15-18-16-9-21-15/h4-7,9-11H,8H2,1-3H3,(H,17,19)/t11-/m1/s1. The van der Waals surface area contributed by atoms with Gasteiger partial charge in [-0.1, -0.05) is 13.8 Å². The molecule has 0 aliphatic carbocycles. The fourth-order valence-electron chi connectivity index (χ4n) is 1.60. The van der Waals surface area contributed by atoms with Gasteiger partial charge in [-0.3, -0.25) is 4.79 Å². The van der Waals surface area contributed by atoms with Crippen LogP contribution in [0.5, 0.6) is 5.75 Å². The van der Waals surface area contributed by atoms with Crippen LogP contribution in [0.25, 0.3) is 11.5 Å². The molecular formula is C15H19N3O3. The minimum absolute atomic E-state index is 0.00301. The number of ether oxygens (including phenoxy) is 1. The van der Waals surface area contributed by atoms with Crippen LogP contribution >= 0.6 is 0 Å². The quantitative estimate of drug-likeness (QED) is 0.882. The average molecular weight is 289 g/mol. The molecule has 0 bridgehead atoms. The molecule has 0 saturated carbocycles. The van der Waals surface area contributed by atoms with E-state index in [1.165, 1.54) is 6.39 Å². The molecular weight excluding hydrogens is 270 g/mol. The largest absolute Gasteiger partial charge is 0.484 e. The van der Waals surface area contributed by atoms with E-state index in [0.29, 0.717) is 17.6 Å². The van der Waals surface area contributed by atoms with Gasteiger partial charge in [0.05, 0.1) is 0 Å². The number of rotatable bonds is 6. The smallest absolute Gasteiger partial charge is 0.258 e. The molecule has 1 amide bonds. The first-order valence-corrected chi connectivity index (χ1v) is 6.85. The minimum Gasteiger partial charge on any atom is -0.484 e. The topological polar surface area (TPSA) is 77.2 Å². The van der Waals surface area contributed by atoms with Crippen molar-refractivity contribution < 1.29 is 13.9 Å². The van der Waals surface area contributed by atoms with Crippen LogP contribution in [0, 0.1) is 5.92 Å². The maximum atomic E-state index is 11.7. The summed E-state index contributed by atoms with van der Waals surface area (Å²) in [6.07, 6.45) is 1.28. The predicted octanol–water partition coefficient (Wildman–Crippen LogP) is 2.28. The van der Waals surface area contributed by atoms with Gasteiger partial charge in [0.25, 0.3) is 5.91 Å². The second kappa shape index (κ2) is 6.88. The molecule has 6 nitrogen and oxygen atoms in total. The Kier molecular flexibility index (Phi) is 4.92. The number of carbonyl (C=O) groups excluding carboxylic acids is 1. The SMILES string of the molecule is CC(C)[C@@H](C)NC(=O)COc1ccc(-c2nnco2)cc1. The molecule has 0 radical (unpaired) electrons. The molecule has 21 heavy (non-hydrogen) atoms. The highest BCUT2D eigenvalue weighted by Crippen LogP contribution is 2.20. The molecule has 1 heterocycles. The Morgan fingerprint density at radius 1 is 1.29 bits per heavy atom.